The lowest BCUT2D eigenvalue weighted by Crippen LogP contribution is -2.32. The van der Waals surface area contributed by atoms with E-state index in [1.54, 1.807) is 28.8 Å². The number of amidine groups is 1. The molecule has 0 fully saturated rings. The van der Waals surface area contributed by atoms with Crippen molar-refractivity contribution >= 4 is 43.9 Å². The predicted molar refractivity (Wildman–Crippen MR) is 115 cm³/mol. The maximum atomic E-state index is 13.3. The average Bonchev–Trinajstić information content (AvgIpc) is 3.11. The van der Waals surface area contributed by atoms with E-state index >= 15 is 0 Å². The molecule has 0 amide bonds. The van der Waals surface area contributed by atoms with Crippen LogP contribution in [0.1, 0.15) is 25.8 Å². The highest BCUT2D eigenvalue weighted by atomic mass is 32.3. The normalized spacial score (nSPS) is 16.5. The number of pyridine rings is 1. The summed E-state index contributed by atoms with van der Waals surface area (Å²) in [4.78, 5) is 13.5. The van der Waals surface area contributed by atoms with Gasteiger partial charge in [0, 0.05) is 6.54 Å². The van der Waals surface area contributed by atoms with Gasteiger partial charge in [-0.2, -0.15) is 0 Å². The third kappa shape index (κ3) is 3.10. The number of nitrogens with one attached hydrogen (secondary N) is 1. The van der Waals surface area contributed by atoms with Gasteiger partial charge in [0.1, 0.15) is 10.5 Å². The first-order valence-electron chi connectivity index (χ1n) is 8.87. The molecule has 0 saturated carbocycles. The van der Waals surface area contributed by atoms with Crippen LogP contribution in [0.15, 0.2) is 49.8 Å². The topological polar surface area (TPSA) is 107 Å². The number of hydrogen-bond acceptors (Lipinski definition) is 7. The molecule has 4 rings (SSSR count). The first kappa shape index (κ1) is 19.0. The van der Waals surface area contributed by atoms with Gasteiger partial charge in [0.15, 0.2) is 11.6 Å². The van der Waals surface area contributed by atoms with Gasteiger partial charge in [-0.25, -0.2) is 0 Å². The van der Waals surface area contributed by atoms with Gasteiger partial charge in [0.25, 0.3) is 5.56 Å². The van der Waals surface area contributed by atoms with Gasteiger partial charge in [-0.3, -0.25) is 13.9 Å². The SMILES string of the molecule is CC(C)CCn1c(=O)c(C2=NS(O)(O)c3ccccc3N2)c(O)c2sccc21. The summed E-state index contributed by atoms with van der Waals surface area (Å²) in [5.41, 5.74) is 0.657. The van der Waals surface area contributed by atoms with Crippen LogP contribution < -0.4 is 10.9 Å². The summed E-state index contributed by atoms with van der Waals surface area (Å²) in [7, 11) is -3.48. The molecule has 28 heavy (non-hydrogen) atoms. The molecule has 148 valence electrons. The molecule has 0 bridgehead atoms. The lowest BCUT2D eigenvalue weighted by atomic mass is 10.1. The summed E-state index contributed by atoms with van der Waals surface area (Å²) in [6.07, 6.45) is 0.799. The molecule has 4 N–H and O–H groups in total. The van der Waals surface area contributed by atoms with Crippen molar-refractivity contribution in [2.24, 2.45) is 10.3 Å². The molecular formula is C19H21N3O4S2. The van der Waals surface area contributed by atoms with Crippen molar-refractivity contribution in [1.29, 1.82) is 0 Å². The summed E-state index contributed by atoms with van der Waals surface area (Å²) < 4.78 is 27.2. The fourth-order valence-electron chi connectivity index (χ4n) is 3.22. The number of anilines is 1. The molecule has 0 atom stereocenters. The number of benzene rings is 1. The third-order valence-electron chi connectivity index (χ3n) is 4.67. The Labute approximate surface area is 167 Å². The van der Waals surface area contributed by atoms with E-state index in [-0.39, 0.29) is 22.0 Å². The highest BCUT2D eigenvalue weighted by molar-refractivity contribution is 8.23. The minimum Gasteiger partial charge on any atom is -0.505 e. The summed E-state index contributed by atoms with van der Waals surface area (Å²) in [5.74, 6) is 0.174. The predicted octanol–water partition coefficient (Wildman–Crippen LogP) is 4.71. The van der Waals surface area contributed by atoms with E-state index in [1.807, 2.05) is 11.4 Å². The summed E-state index contributed by atoms with van der Waals surface area (Å²) >= 11 is 1.32. The van der Waals surface area contributed by atoms with Crippen LogP contribution in [0.25, 0.3) is 10.2 Å². The lowest BCUT2D eigenvalue weighted by Gasteiger charge is -2.34. The Balaban J connectivity index is 1.92. The number of aromatic nitrogens is 1. The molecule has 1 aliphatic heterocycles. The average molecular weight is 420 g/mol. The van der Waals surface area contributed by atoms with Crippen LogP contribution in [-0.2, 0) is 6.54 Å². The minimum atomic E-state index is -3.48. The summed E-state index contributed by atoms with van der Waals surface area (Å²) in [6.45, 7) is 4.66. The van der Waals surface area contributed by atoms with E-state index in [1.165, 1.54) is 11.3 Å². The number of fused-ring (bicyclic) bond motifs is 2. The van der Waals surface area contributed by atoms with Crippen LogP contribution in [0.2, 0.25) is 0 Å². The Morgan fingerprint density at radius 3 is 2.75 bits per heavy atom. The quantitative estimate of drug-likeness (QED) is 0.490. The molecular weight excluding hydrogens is 398 g/mol. The Morgan fingerprint density at radius 1 is 1.25 bits per heavy atom. The zero-order chi connectivity index (χ0) is 20.1. The van der Waals surface area contributed by atoms with Crippen LogP contribution in [0, 0.1) is 5.92 Å². The first-order chi connectivity index (χ1) is 13.3. The number of aryl methyl sites for hydroxylation is 1. The van der Waals surface area contributed by atoms with Gasteiger partial charge in [-0.05, 0) is 35.9 Å². The second kappa shape index (κ2) is 6.93. The fourth-order valence-corrected chi connectivity index (χ4v) is 5.23. The number of nitrogens with zero attached hydrogens (tertiary/aromatic N) is 2. The van der Waals surface area contributed by atoms with Gasteiger partial charge >= 0.3 is 0 Å². The Hall–Kier alpha value is -2.33. The summed E-state index contributed by atoms with van der Waals surface area (Å²) in [6, 6.07) is 8.48. The van der Waals surface area contributed by atoms with E-state index in [0.29, 0.717) is 28.4 Å². The highest BCUT2D eigenvalue weighted by Crippen LogP contribution is 2.55. The number of aromatic hydroxyl groups is 1. The summed E-state index contributed by atoms with van der Waals surface area (Å²) in [5, 5.41) is 15.6. The molecule has 9 heteroatoms. The smallest absolute Gasteiger partial charge is 0.265 e. The molecule has 3 heterocycles. The van der Waals surface area contributed by atoms with E-state index < -0.39 is 16.3 Å². The zero-order valence-corrected chi connectivity index (χ0v) is 17.0. The molecule has 0 radical (unpaired) electrons. The van der Waals surface area contributed by atoms with E-state index in [4.69, 9.17) is 0 Å². The number of hydrogen-bond donors (Lipinski definition) is 4. The van der Waals surface area contributed by atoms with Crippen LogP contribution in [0.5, 0.6) is 5.75 Å². The van der Waals surface area contributed by atoms with Crippen molar-refractivity contribution in [3.8, 4) is 5.75 Å². The maximum absolute atomic E-state index is 13.3. The van der Waals surface area contributed by atoms with Crippen LogP contribution in [0.4, 0.5) is 5.69 Å². The molecule has 0 unspecified atom stereocenters. The van der Waals surface area contributed by atoms with E-state index in [0.717, 1.165) is 6.42 Å². The largest absolute Gasteiger partial charge is 0.505 e. The molecule has 0 spiro atoms. The van der Waals surface area contributed by atoms with Crippen molar-refractivity contribution in [1.82, 2.24) is 4.57 Å². The van der Waals surface area contributed by atoms with Crippen molar-refractivity contribution in [3.05, 3.63) is 51.6 Å². The monoisotopic (exact) mass is 419 g/mol. The molecule has 7 nitrogen and oxygen atoms in total. The zero-order valence-electron chi connectivity index (χ0n) is 15.4. The van der Waals surface area contributed by atoms with Crippen LogP contribution >= 0.6 is 22.1 Å². The van der Waals surface area contributed by atoms with Gasteiger partial charge in [0.05, 0.1) is 15.9 Å². The van der Waals surface area contributed by atoms with E-state index in [2.05, 4.69) is 23.6 Å². The number of para-hydroxylation sites is 1. The van der Waals surface area contributed by atoms with Crippen molar-refractivity contribution in [2.75, 3.05) is 5.32 Å². The molecule has 1 aliphatic rings. The van der Waals surface area contributed by atoms with Gasteiger partial charge in [-0.15, -0.1) is 15.7 Å². The molecule has 0 saturated heterocycles. The fraction of sp³-hybridized carbons (Fsp3) is 0.263. The van der Waals surface area contributed by atoms with E-state index in [9.17, 15) is 19.0 Å². The number of rotatable bonds is 4. The second-order valence-electron chi connectivity index (χ2n) is 7.08. The van der Waals surface area contributed by atoms with Crippen molar-refractivity contribution in [2.45, 2.75) is 31.7 Å². The first-order valence-corrected chi connectivity index (χ1v) is 11.3. The molecule has 1 aromatic carbocycles. The number of thiophene rings is 1. The standard InChI is InChI=1S/C19H21N3O4S2/c1-11(2)7-9-22-13-8-10-27-17(13)16(23)15(19(22)24)18-20-12-5-3-4-6-14(12)28(25,26)21-18/h3-6,8,10-11,23,25-26H,7,9H2,1-2H3,(H,20,21). The van der Waals surface area contributed by atoms with Gasteiger partial charge in [-0.1, -0.05) is 36.8 Å². The molecule has 3 aromatic rings. The van der Waals surface area contributed by atoms with Crippen molar-refractivity contribution in [3.63, 3.8) is 0 Å². The Bertz CT molecular complexity index is 1150. The van der Waals surface area contributed by atoms with Crippen LogP contribution in [0.3, 0.4) is 0 Å². The van der Waals surface area contributed by atoms with Gasteiger partial charge in [0.2, 0.25) is 0 Å². The van der Waals surface area contributed by atoms with Crippen LogP contribution in [-0.4, -0.2) is 24.6 Å². The Morgan fingerprint density at radius 2 is 2.00 bits per heavy atom. The highest BCUT2D eigenvalue weighted by Gasteiger charge is 2.30. The second-order valence-corrected chi connectivity index (χ2v) is 9.65. The molecule has 2 aromatic heterocycles. The van der Waals surface area contributed by atoms with Crippen molar-refractivity contribution < 1.29 is 14.2 Å². The minimum absolute atomic E-state index is 0.0326. The Kier molecular flexibility index (Phi) is 4.70. The lowest BCUT2D eigenvalue weighted by molar-refractivity contribution is 0.474. The maximum Gasteiger partial charge on any atom is 0.265 e. The molecule has 0 aliphatic carbocycles. The van der Waals surface area contributed by atoms with Gasteiger partial charge < -0.3 is 15.0 Å². The third-order valence-corrected chi connectivity index (χ3v) is 6.96.